The van der Waals surface area contributed by atoms with E-state index < -0.39 is 76.6 Å². The second kappa shape index (κ2) is 19.2. The largest absolute Gasteiger partial charge is 0.437 e. The molecule has 0 bridgehead atoms. The Hall–Kier alpha value is -0.800. The van der Waals surface area contributed by atoms with E-state index >= 15 is 0 Å². The lowest BCUT2D eigenvalue weighted by atomic mass is 9.93. The molecule has 2 saturated heterocycles. The van der Waals surface area contributed by atoms with Crippen LogP contribution in [0, 0.1) is 0 Å². The van der Waals surface area contributed by atoms with Gasteiger partial charge >= 0.3 is 0 Å². The summed E-state index contributed by atoms with van der Waals surface area (Å²) >= 11 is 22.0. The minimum atomic E-state index is -1.49. The predicted molar refractivity (Wildman–Crippen MR) is 213 cm³/mol. The highest BCUT2D eigenvalue weighted by Gasteiger charge is 2.54. The summed E-state index contributed by atoms with van der Waals surface area (Å²) in [4.78, 5) is 19.0. The van der Waals surface area contributed by atoms with Crippen LogP contribution in [-0.2, 0) is 28.1 Å². The molecular weight excluding hydrogens is 902 g/mol. The van der Waals surface area contributed by atoms with E-state index in [1.807, 2.05) is 0 Å². The first-order valence-electron chi connectivity index (χ1n) is 17.9. The summed E-state index contributed by atoms with van der Waals surface area (Å²) in [7, 11) is -3.04. The van der Waals surface area contributed by atoms with Crippen LogP contribution in [0.3, 0.4) is 0 Å². The van der Waals surface area contributed by atoms with E-state index in [1.165, 1.54) is 12.7 Å². The molecular formula is C28H39B4Br3Cl2N6O8. The fraction of sp³-hybridized carbons (Fsp3) is 0.571. The lowest BCUT2D eigenvalue weighted by Gasteiger charge is -2.30. The van der Waals surface area contributed by atoms with E-state index in [9.17, 15) is 10.2 Å². The number of H-pyrrole nitrogens is 1. The van der Waals surface area contributed by atoms with Gasteiger partial charge in [-0.3, -0.25) is 0 Å². The van der Waals surface area contributed by atoms with Gasteiger partial charge < -0.3 is 47.9 Å². The van der Waals surface area contributed by atoms with E-state index in [-0.39, 0.29) is 18.4 Å². The Kier molecular flexibility index (Phi) is 14.0. The van der Waals surface area contributed by atoms with E-state index in [0.717, 1.165) is 15.5 Å². The number of nitrogens with one attached hydrogen (secondary N) is 1. The third kappa shape index (κ3) is 9.72. The Morgan fingerprint density at radius 1 is 0.863 bits per heavy atom. The number of alkyl halides is 1. The van der Waals surface area contributed by atoms with Crippen LogP contribution in [0.15, 0.2) is 34.0 Å². The van der Waals surface area contributed by atoms with Crippen LogP contribution in [0.4, 0.5) is 0 Å². The topological polar surface area (TPSA) is 168 Å². The molecule has 14 nitrogen and oxygen atoms in total. The first-order valence-corrected chi connectivity index (χ1v) is 18.8. The van der Waals surface area contributed by atoms with Gasteiger partial charge in [-0.25, -0.2) is 19.9 Å². The molecule has 3 N–H and O–H groups in total. The first-order chi connectivity index (χ1) is 25.7. The van der Waals surface area contributed by atoms with Gasteiger partial charge in [0.05, 0.1) is 24.0 Å². The number of aromatic amines is 1. The first kappa shape index (κ1) is 37.1. The molecule has 23 heteroatoms. The number of halogens is 5. The number of hydrogen-bond acceptors (Lipinski definition) is 12. The highest BCUT2D eigenvalue weighted by atomic mass is 79.9. The summed E-state index contributed by atoms with van der Waals surface area (Å²) in [6, 6.07) is 0. The minimum absolute atomic E-state index is 0.0464. The van der Waals surface area contributed by atoms with Crippen molar-refractivity contribution >= 4 is 123 Å². The van der Waals surface area contributed by atoms with Crippen molar-refractivity contribution in [3.05, 3.63) is 44.3 Å². The van der Waals surface area contributed by atoms with Crippen LogP contribution in [-0.4, -0.2) is 129 Å². The molecule has 2 aliphatic rings. The molecule has 2 aliphatic heterocycles. The summed E-state index contributed by atoms with van der Waals surface area (Å²) < 4.78 is 66.2. The number of ether oxygens (including phenoxy) is 2. The van der Waals surface area contributed by atoms with Gasteiger partial charge in [-0.05, 0) is 45.7 Å². The normalized spacial score (nSPS) is 29.7. The van der Waals surface area contributed by atoms with Gasteiger partial charge in [0.1, 0.15) is 74.9 Å². The molecule has 2 unspecified atom stereocenters. The van der Waals surface area contributed by atoms with Crippen molar-refractivity contribution in [1.82, 2.24) is 29.5 Å². The maximum Gasteiger partial charge on any atom is 0.272 e. The molecule has 276 valence electrons. The number of fused-ring (bicyclic) bond motifs is 2. The summed E-state index contributed by atoms with van der Waals surface area (Å²) in [5.74, 6) is 0. The fourth-order valence-corrected chi connectivity index (χ4v) is 7.87. The van der Waals surface area contributed by atoms with Crippen molar-refractivity contribution in [3.63, 3.8) is 0 Å². The number of nitrogens with zero attached hydrogens (tertiary/aromatic N) is 5. The molecule has 6 rings (SSSR count). The van der Waals surface area contributed by atoms with Gasteiger partial charge in [0.15, 0.2) is 6.23 Å². The maximum atomic E-state index is 11.2. The second-order valence-corrected chi connectivity index (χ2v) is 14.7. The number of rotatable bonds is 11. The lowest BCUT2D eigenvalue weighted by Crippen LogP contribution is -2.46. The predicted octanol–water partition coefficient (Wildman–Crippen LogP) is 4.13. The molecule has 4 aromatic heterocycles. The molecule has 0 spiro atoms. The molecule has 6 heterocycles. The van der Waals surface area contributed by atoms with Crippen LogP contribution >= 0.6 is 71.0 Å². The quantitative estimate of drug-likeness (QED) is 0.112. The van der Waals surface area contributed by atoms with Gasteiger partial charge in [-0.2, -0.15) is 0 Å². The van der Waals surface area contributed by atoms with Crippen molar-refractivity contribution in [2.45, 2.75) is 88.0 Å². The van der Waals surface area contributed by atoms with Crippen LogP contribution in [0.25, 0.3) is 22.1 Å². The smallest absolute Gasteiger partial charge is 0.272 e. The number of hydrogen-bond donors (Lipinski definition) is 3. The zero-order valence-corrected chi connectivity index (χ0v) is 34.7. The fourth-order valence-electron chi connectivity index (χ4n) is 5.56. The van der Waals surface area contributed by atoms with E-state index in [1.54, 1.807) is 58.1 Å². The van der Waals surface area contributed by atoms with Crippen LogP contribution in [0.5, 0.6) is 0 Å². The second-order valence-electron chi connectivity index (χ2n) is 11.5. The Morgan fingerprint density at radius 3 is 1.98 bits per heavy atom. The zero-order chi connectivity index (χ0) is 41.0. The van der Waals surface area contributed by atoms with Gasteiger partial charge in [-0.15, -0.1) is 0 Å². The highest BCUT2D eigenvalue weighted by Crippen LogP contribution is 2.43. The molecule has 4 aromatic rings. The Labute approximate surface area is 339 Å². The molecule has 51 heavy (non-hydrogen) atoms. The molecule has 2 fully saturated rings. The minimum Gasteiger partial charge on any atom is -0.437 e. The highest BCUT2D eigenvalue weighted by molar-refractivity contribution is 9.11. The van der Waals surface area contributed by atoms with Crippen LogP contribution in [0.1, 0.15) is 20.1 Å². The monoisotopic (exact) mass is 942 g/mol. The van der Waals surface area contributed by atoms with Crippen molar-refractivity contribution in [2.75, 3.05) is 13.2 Å². The average Bonchev–Trinajstić information content (AvgIpc) is 3.77. The maximum absolute atomic E-state index is 11.2. The van der Waals surface area contributed by atoms with Crippen LogP contribution in [0.2, 0.25) is 37.6 Å². The Morgan fingerprint density at radius 2 is 1.41 bits per heavy atom. The molecule has 0 amide bonds. The summed E-state index contributed by atoms with van der Waals surface area (Å²) in [6.07, 6.45) is 2.74. The molecule has 0 radical (unpaired) electrons. The Balaban J connectivity index is 0.000000204. The van der Waals surface area contributed by atoms with E-state index in [2.05, 4.69) is 72.7 Å². The third-order valence-corrected chi connectivity index (χ3v) is 10.9. The SMILES string of the molecule is Clc1ncnc2[nH]cc(Br)c12.[2H]B(C)OC[C@H]1O[C@@H](n2cc(Br)c3c(Cl)ncnc32)C(C)(O)[C@@H]1OB([2H])C.[2H]B(C)OC[C@H]1O[C@H](Br)C(C)(O)[C@@H]1OB([2H])C. The summed E-state index contributed by atoms with van der Waals surface area (Å²) in [6.45, 7) is 9.68. The molecule has 0 aliphatic carbocycles. The molecule has 0 saturated carbocycles. The van der Waals surface area contributed by atoms with Crippen molar-refractivity contribution in [3.8, 4) is 0 Å². The van der Waals surface area contributed by atoms with Gasteiger partial charge in [-0.1, -0.05) is 66.4 Å². The summed E-state index contributed by atoms with van der Waals surface area (Å²) in [5.41, 5.74) is -1.48. The number of aromatic nitrogens is 6. The summed E-state index contributed by atoms with van der Waals surface area (Å²) in [5, 5.41) is 23.1. The van der Waals surface area contributed by atoms with E-state index in [0.29, 0.717) is 20.7 Å². The van der Waals surface area contributed by atoms with Crippen LogP contribution < -0.4 is 0 Å². The zero-order valence-electron chi connectivity index (χ0n) is 32.5. The number of aliphatic hydroxyl groups is 2. The standard InChI is InChI=1S/C14H19B2BrClN3O4.C8H17B2BrO4.C6H3BrClN3/c1-14(22)10(25-16-3)8(5-23-15-2)24-13(14)21-4-7(17)9-11(18)19-6-20-12(9)21;1-8(12)6(15-10-3)5(4-13-9-2)14-7(8)11;7-3-1-9-6-4(3)5(8)10-2-11-6/h4,6,8,10,13,15-16,22H,5H2,1-3H3;5-7,9-10,12H,4H2,1-3H3;1-2H,(H,9,10,11)/t8-,10-,13-,14?;5-,6-,7+,8?;/m11./s1/i15D,16D;9D,10D;. The van der Waals surface area contributed by atoms with Gasteiger partial charge in [0.2, 0.25) is 0 Å². The van der Waals surface area contributed by atoms with Gasteiger partial charge in [0.25, 0.3) is 29.8 Å². The van der Waals surface area contributed by atoms with Gasteiger partial charge in [0, 0.05) is 26.7 Å². The van der Waals surface area contributed by atoms with Crippen molar-refractivity contribution in [1.29, 1.82) is 5.34 Å². The third-order valence-electron chi connectivity index (χ3n) is 7.95. The Bertz CT molecular complexity index is 1880. The van der Waals surface area contributed by atoms with Crippen molar-refractivity contribution in [2.24, 2.45) is 0 Å². The molecule has 0 aromatic carbocycles. The average molecular weight is 946 g/mol. The van der Waals surface area contributed by atoms with E-state index in [4.69, 9.17) is 56.6 Å². The van der Waals surface area contributed by atoms with Crippen molar-refractivity contribution < 1.29 is 38.3 Å². The molecule has 8 atom stereocenters. The lowest BCUT2D eigenvalue weighted by molar-refractivity contribution is -0.0916.